The Balaban J connectivity index is 1.39. The Labute approximate surface area is 194 Å². The van der Waals surface area contributed by atoms with Gasteiger partial charge in [0.25, 0.3) is 0 Å². The molecule has 0 atom stereocenters. The van der Waals surface area contributed by atoms with E-state index in [1.807, 2.05) is 36.9 Å². The van der Waals surface area contributed by atoms with Gasteiger partial charge in [-0.05, 0) is 37.1 Å². The van der Waals surface area contributed by atoms with Crippen molar-refractivity contribution in [2.75, 3.05) is 49.6 Å². The van der Waals surface area contributed by atoms with Crippen LogP contribution in [-0.4, -0.2) is 65.5 Å². The van der Waals surface area contributed by atoms with Gasteiger partial charge in [-0.15, -0.1) is 0 Å². The van der Waals surface area contributed by atoms with E-state index in [4.69, 9.17) is 4.74 Å². The minimum absolute atomic E-state index is 0.0740. The van der Waals surface area contributed by atoms with Crippen LogP contribution in [-0.2, 0) is 11.3 Å². The fourth-order valence-corrected chi connectivity index (χ4v) is 4.35. The number of carbonyl (C=O) groups is 1. The zero-order valence-electron chi connectivity index (χ0n) is 19.7. The van der Waals surface area contributed by atoms with Crippen molar-refractivity contribution in [1.82, 2.24) is 25.1 Å². The van der Waals surface area contributed by atoms with Gasteiger partial charge in [-0.3, -0.25) is 4.79 Å². The molecule has 1 N–H and O–H groups in total. The number of piperazine rings is 1. The number of amides is 1. The molecule has 176 valence electrons. The van der Waals surface area contributed by atoms with Gasteiger partial charge in [-0.1, -0.05) is 13.8 Å². The highest BCUT2D eigenvalue weighted by Crippen LogP contribution is 2.26. The highest BCUT2D eigenvalue weighted by Gasteiger charge is 2.22. The lowest BCUT2D eigenvalue weighted by Gasteiger charge is -2.36. The second-order valence-corrected chi connectivity index (χ2v) is 8.28. The molecule has 9 nitrogen and oxygen atoms in total. The molecule has 1 amide bonds. The van der Waals surface area contributed by atoms with Gasteiger partial charge in [0.2, 0.25) is 5.91 Å². The number of hydrogen-bond donors (Lipinski definition) is 1. The number of fused-ring (bicyclic) bond motifs is 1. The first-order valence-electron chi connectivity index (χ1n) is 11.7. The van der Waals surface area contributed by atoms with Gasteiger partial charge in [0.05, 0.1) is 25.2 Å². The smallest absolute Gasteiger partial charge is 0.223 e. The zero-order chi connectivity index (χ0) is 23.2. The third-order valence-electron chi connectivity index (χ3n) is 6.41. The molecular weight excluding hydrogens is 418 g/mol. The van der Waals surface area contributed by atoms with Crippen molar-refractivity contribution >= 4 is 28.4 Å². The number of benzene rings is 1. The van der Waals surface area contributed by atoms with E-state index in [0.29, 0.717) is 13.1 Å². The van der Waals surface area contributed by atoms with Gasteiger partial charge >= 0.3 is 0 Å². The predicted octanol–water partition coefficient (Wildman–Crippen LogP) is 2.71. The van der Waals surface area contributed by atoms with Gasteiger partial charge in [-0.2, -0.15) is 5.10 Å². The van der Waals surface area contributed by atoms with Crippen LogP contribution in [0.25, 0.3) is 11.0 Å². The SMILES string of the molecule is CCC(CC)C(=O)NCCn1ncc2c(N3CCN(c4ccc(OC)cc4)CC3)ncnc21. The minimum Gasteiger partial charge on any atom is -0.497 e. The molecule has 0 radical (unpaired) electrons. The topological polar surface area (TPSA) is 88.4 Å². The molecule has 0 aliphatic carbocycles. The van der Waals surface area contributed by atoms with Crippen LogP contribution in [0, 0.1) is 5.92 Å². The number of carbonyl (C=O) groups excluding carboxylic acids is 1. The van der Waals surface area contributed by atoms with E-state index in [2.05, 4.69) is 42.3 Å². The van der Waals surface area contributed by atoms with E-state index in [0.717, 1.165) is 61.6 Å². The molecule has 33 heavy (non-hydrogen) atoms. The standard InChI is InChI=1S/C24H33N7O2/c1-4-18(5-2)24(32)25-10-11-31-23-21(16-28-31)22(26-17-27-23)30-14-12-29(13-15-30)19-6-8-20(33-3)9-7-19/h6-9,16-18H,4-5,10-15H2,1-3H3,(H,25,32). The van der Waals surface area contributed by atoms with E-state index >= 15 is 0 Å². The Morgan fingerprint density at radius 1 is 1.06 bits per heavy atom. The molecule has 1 aliphatic heterocycles. The number of aromatic nitrogens is 4. The summed E-state index contributed by atoms with van der Waals surface area (Å²) in [6.45, 7) is 8.77. The van der Waals surface area contributed by atoms with Gasteiger partial charge in [-0.25, -0.2) is 14.6 Å². The molecule has 4 rings (SSSR count). The first kappa shape index (κ1) is 22.8. The molecular formula is C24H33N7O2. The molecule has 9 heteroatoms. The minimum atomic E-state index is 0.0740. The average Bonchev–Trinajstić information content (AvgIpc) is 3.28. The highest BCUT2D eigenvalue weighted by atomic mass is 16.5. The number of methoxy groups -OCH3 is 1. The summed E-state index contributed by atoms with van der Waals surface area (Å²) in [5.41, 5.74) is 2.00. The van der Waals surface area contributed by atoms with Gasteiger partial charge < -0.3 is 19.9 Å². The number of anilines is 2. The second-order valence-electron chi connectivity index (χ2n) is 8.28. The maximum Gasteiger partial charge on any atom is 0.223 e. The molecule has 1 aliphatic rings. The molecule has 3 heterocycles. The maximum atomic E-state index is 12.2. The van der Waals surface area contributed by atoms with Crippen molar-refractivity contribution in [2.45, 2.75) is 33.2 Å². The van der Waals surface area contributed by atoms with E-state index in [1.165, 1.54) is 5.69 Å². The van der Waals surface area contributed by atoms with Crippen molar-refractivity contribution in [3.63, 3.8) is 0 Å². The largest absolute Gasteiger partial charge is 0.497 e. The highest BCUT2D eigenvalue weighted by molar-refractivity contribution is 5.86. The fourth-order valence-electron chi connectivity index (χ4n) is 4.35. The first-order chi connectivity index (χ1) is 16.1. The summed E-state index contributed by atoms with van der Waals surface area (Å²) < 4.78 is 7.11. The molecule has 1 aromatic carbocycles. The Bertz CT molecular complexity index is 1050. The Morgan fingerprint density at radius 2 is 1.76 bits per heavy atom. The van der Waals surface area contributed by atoms with E-state index in [9.17, 15) is 4.79 Å². The first-order valence-corrected chi connectivity index (χ1v) is 11.7. The summed E-state index contributed by atoms with van der Waals surface area (Å²) in [6, 6.07) is 8.20. The van der Waals surface area contributed by atoms with Crippen LogP contribution in [0.5, 0.6) is 5.75 Å². The molecule has 0 saturated carbocycles. The van der Waals surface area contributed by atoms with Crippen molar-refractivity contribution in [3.05, 3.63) is 36.8 Å². The Kier molecular flexibility index (Phi) is 7.26. The third-order valence-corrected chi connectivity index (χ3v) is 6.41. The summed E-state index contributed by atoms with van der Waals surface area (Å²) in [5.74, 6) is 1.97. The summed E-state index contributed by atoms with van der Waals surface area (Å²) in [6.07, 6.45) is 5.16. The molecule has 2 aromatic heterocycles. The normalized spacial score (nSPS) is 14.2. The fraction of sp³-hybridized carbons (Fsp3) is 0.500. The summed E-state index contributed by atoms with van der Waals surface area (Å²) in [4.78, 5) is 26.0. The van der Waals surface area contributed by atoms with E-state index in [-0.39, 0.29) is 11.8 Å². The quantitative estimate of drug-likeness (QED) is 0.535. The number of nitrogens with zero attached hydrogens (tertiary/aromatic N) is 6. The number of rotatable bonds is 9. The molecule has 3 aromatic rings. The van der Waals surface area contributed by atoms with Crippen LogP contribution in [0.4, 0.5) is 11.5 Å². The van der Waals surface area contributed by atoms with Gasteiger partial charge in [0.1, 0.15) is 17.9 Å². The molecule has 1 saturated heterocycles. The number of nitrogens with one attached hydrogen (secondary N) is 1. The van der Waals surface area contributed by atoms with Crippen LogP contribution in [0.15, 0.2) is 36.8 Å². The van der Waals surface area contributed by atoms with Crippen molar-refractivity contribution < 1.29 is 9.53 Å². The molecule has 0 spiro atoms. The summed E-state index contributed by atoms with van der Waals surface area (Å²) in [5, 5.41) is 8.50. The number of hydrogen-bond acceptors (Lipinski definition) is 7. The third kappa shape index (κ3) is 5.02. The van der Waals surface area contributed by atoms with Crippen molar-refractivity contribution in [1.29, 1.82) is 0 Å². The lowest BCUT2D eigenvalue weighted by molar-refractivity contribution is -0.125. The molecule has 0 bridgehead atoms. The Hall–Kier alpha value is -3.36. The Morgan fingerprint density at radius 3 is 2.42 bits per heavy atom. The molecule has 1 fully saturated rings. The predicted molar refractivity (Wildman–Crippen MR) is 130 cm³/mol. The van der Waals surface area contributed by atoms with Crippen LogP contribution in [0.1, 0.15) is 26.7 Å². The summed E-state index contributed by atoms with van der Waals surface area (Å²) in [7, 11) is 1.68. The van der Waals surface area contributed by atoms with E-state index < -0.39 is 0 Å². The van der Waals surface area contributed by atoms with Gasteiger partial charge in [0, 0.05) is 44.3 Å². The second kappa shape index (κ2) is 10.5. The number of ether oxygens (including phenoxy) is 1. The lowest BCUT2D eigenvalue weighted by atomic mass is 10.0. The molecule has 0 unspecified atom stereocenters. The van der Waals surface area contributed by atoms with Crippen LogP contribution < -0.4 is 19.9 Å². The lowest BCUT2D eigenvalue weighted by Crippen LogP contribution is -2.46. The van der Waals surface area contributed by atoms with Crippen molar-refractivity contribution in [2.24, 2.45) is 5.92 Å². The van der Waals surface area contributed by atoms with Crippen LogP contribution in [0.3, 0.4) is 0 Å². The summed E-state index contributed by atoms with van der Waals surface area (Å²) >= 11 is 0. The zero-order valence-corrected chi connectivity index (χ0v) is 19.7. The maximum absolute atomic E-state index is 12.2. The monoisotopic (exact) mass is 451 g/mol. The van der Waals surface area contributed by atoms with Crippen LogP contribution >= 0.6 is 0 Å². The van der Waals surface area contributed by atoms with Crippen LogP contribution in [0.2, 0.25) is 0 Å². The average molecular weight is 452 g/mol. The van der Waals surface area contributed by atoms with Crippen molar-refractivity contribution in [3.8, 4) is 5.75 Å². The van der Waals surface area contributed by atoms with E-state index in [1.54, 1.807) is 13.4 Å². The van der Waals surface area contributed by atoms with Gasteiger partial charge in [0.15, 0.2) is 5.65 Å².